The Morgan fingerprint density at radius 2 is 2.10 bits per heavy atom. The molecule has 2 N–H and O–H groups in total. The van der Waals surface area contributed by atoms with Crippen LogP contribution in [0.4, 0.5) is 0 Å². The molecule has 0 heterocycles. The average molecular weight is 321 g/mol. The van der Waals surface area contributed by atoms with E-state index in [9.17, 15) is 4.79 Å². The fourth-order valence-electron chi connectivity index (χ4n) is 1.51. The molecule has 1 rings (SSSR count). The molecule has 0 spiro atoms. The van der Waals surface area contributed by atoms with Crippen LogP contribution in [0.5, 0.6) is 5.75 Å². The number of carbonyl (C=O) groups is 1. The minimum absolute atomic E-state index is 0.0943. The SMILES string of the molecule is CNC(=O)COc1c(Cl)cc(Cl)cc1CNCCOC. The van der Waals surface area contributed by atoms with E-state index in [0.717, 1.165) is 5.56 Å². The van der Waals surface area contributed by atoms with Gasteiger partial charge < -0.3 is 20.1 Å². The van der Waals surface area contributed by atoms with Crippen molar-refractivity contribution in [2.24, 2.45) is 0 Å². The molecule has 0 radical (unpaired) electrons. The second-order valence-corrected chi connectivity index (χ2v) is 4.85. The number of rotatable bonds is 8. The van der Waals surface area contributed by atoms with Crippen molar-refractivity contribution in [2.75, 3.05) is 33.9 Å². The Morgan fingerprint density at radius 3 is 2.75 bits per heavy atom. The molecule has 1 aromatic carbocycles. The molecule has 0 saturated heterocycles. The Bertz CT molecular complexity index is 455. The van der Waals surface area contributed by atoms with Crippen molar-refractivity contribution >= 4 is 29.1 Å². The summed E-state index contributed by atoms with van der Waals surface area (Å²) in [4.78, 5) is 11.2. The van der Waals surface area contributed by atoms with Gasteiger partial charge >= 0.3 is 0 Å². The van der Waals surface area contributed by atoms with Crippen LogP contribution in [-0.2, 0) is 16.1 Å². The van der Waals surface area contributed by atoms with Crippen LogP contribution >= 0.6 is 23.2 Å². The van der Waals surface area contributed by atoms with Gasteiger partial charge in [-0.15, -0.1) is 0 Å². The third-order valence-corrected chi connectivity index (χ3v) is 3.01. The first-order valence-corrected chi connectivity index (χ1v) is 6.85. The van der Waals surface area contributed by atoms with Gasteiger partial charge in [-0.2, -0.15) is 0 Å². The topological polar surface area (TPSA) is 59.6 Å². The molecule has 0 saturated carbocycles. The van der Waals surface area contributed by atoms with Crippen LogP contribution in [0.25, 0.3) is 0 Å². The van der Waals surface area contributed by atoms with E-state index in [0.29, 0.717) is 35.5 Å². The third-order valence-electron chi connectivity index (χ3n) is 2.51. The fourth-order valence-corrected chi connectivity index (χ4v) is 2.10. The first kappa shape index (κ1) is 17.0. The number of methoxy groups -OCH3 is 1. The van der Waals surface area contributed by atoms with Crippen LogP contribution < -0.4 is 15.4 Å². The molecule has 112 valence electrons. The highest BCUT2D eigenvalue weighted by Crippen LogP contribution is 2.32. The number of nitrogens with one attached hydrogen (secondary N) is 2. The molecule has 0 bridgehead atoms. The standard InChI is InChI=1S/C13H18Cl2N2O3/c1-16-12(18)8-20-13-9(7-17-3-4-19-2)5-10(14)6-11(13)15/h5-6,17H,3-4,7-8H2,1-2H3,(H,16,18). The van der Waals surface area contributed by atoms with Crippen LogP contribution in [0.15, 0.2) is 12.1 Å². The lowest BCUT2D eigenvalue weighted by atomic mass is 10.2. The summed E-state index contributed by atoms with van der Waals surface area (Å²) in [5.41, 5.74) is 0.794. The summed E-state index contributed by atoms with van der Waals surface area (Å²) in [5, 5.41) is 6.56. The smallest absolute Gasteiger partial charge is 0.257 e. The molecule has 5 nitrogen and oxygen atoms in total. The number of likely N-dealkylation sites (N-methyl/N-ethyl adjacent to an activating group) is 1. The lowest BCUT2D eigenvalue weighted by Crippen LogP contribution is -2.25. The summed E-state index contributed by atoms with van der Waals surface area (Å²) in [6.07, 6.45) is 0. The molecule has 20 heavy (non-hydrogen) atoms. The van der Waals surface area contributed by atoms with Crippen molar-refractivity contribution in [3.8, 4) is 5.75 Å². The van der Waals surface area contributed by atoms with E-state index in [1.807, 2.05) is 0 Å². The molecule has 0 aromatic heterocycles. The van der Waals surface area contributed by atoms with Crippen molar-refractivity contribution in [3.05, 3.63) is 27.7 Å². The van der Waals surface area contributed by atoms with Gasteiger partial charge in [0.05, 0.1) is 11.6 Å². The highest BCUT2D eigenvalue weighted by molar-refractivity contribution is 6.35. The number of hydrogen-bond donors (Lipinski definition) is 2. The Morgan fingerprint density at radius 1 is 1.35 bits per heavy atom. The van der Waals surface area contributed by atoms with Crippen molar-refractivity contribution in [1.82, 2.24) is 10.6 Å². The quantitative estimate of drug-likeness (QED) is 0.718. The van der Waals surface area contributed by atoms with Gasteiger partial charge in [0.25, 0.3) is 5.91 Å². The maximum absolute atomic E-state index is 11.2. The van der Waals surface area contributed by atoms with Gasteiger partial charge in [-0.1, -0.05) is 23.2 Å². The number of ether oxygens (including phenoxy) is 2. The predicted octanol–water partition coefficient (Wildman–Crippen LogP) is 1.85. The number of halogens is 2. The minimum atomic E-state index is -0.227. The van der Waals surface area contributed by atoms with Crippen LogP contribution in [-0.4, -0.2) is 39.8 Å². The van der Waals surface area contributed by atoms with Crippen LogP contribution in [0.3, 0.4) is 0 Å². The lowest BCUT2D eigenvalue weighted by Gasteiger charge is -2.14. The monoisotopic (exact) mass is 320 g/mol. The maximum atomic E-state index is 11.2. The Labute approximate surface area is 128 Å². The number of amides is 1. The van der Waals surface area contributed by atoms with Crippen LogP contribution in [0.1, 0.15) is 5.56 Å². The fraction of sp³-hybridized carbons (Fsp3) is 0.462. The van der Waals surface area contributed by atoms with Gasteiger partial charge in [0.15, 0.2) is 6.61 Å². The summed E-state index contributed by atoms with van der Waals surface area (Å²) < 4.78 is 10.4. The zero-order valence-electron chi connectivity index (χ0n) is 11.5. The number of hydrogen-bond acceptors (Lipinski definition) is 4. The molecule has 0 unspecified atom stereocenters. The van der Waals surface area contributed by atoms with Crippen molar-refractivity contribution in [1.29, 1.82) is 0 Å². The molecule has 1 aromatic rings. The average Bonchev–Trinajstić information content (AvgIpc) is 2.42. The summed E-state index contributed by atoms with van der Waals surface area (Å²) in [5.74, 6) is 0.235. The second kappa shape index (κ2) is 9.02. The third kappa shape index (κ3) is 5.54. The molecule has 0 aliphatic rings. The van der Waals surface area contributed by atoms with E-state index in [-0.39, 0.29) is 12.5 Å². The van der Waals surface area contributed by atoms with Gasteiger partial charge in [0.2, 0.25) is 0 Å². The van der Waals surface area contributed by atoms with Crippen LogP contribution in [0.2, 0.25) is 10.0 Å². The molecule has 0 fully saturated rings. The van der Waals surface area contributed by atoms with Gasteiger partial charge in [-0.25, -0.2) is 0 Å². The van der Waals surface area contributed by atoms with E-state index < -0.39 is 0 Å². The van der Waals surface area contributed by atoms with Crippen molar-refractivity contribution in [3.63, 3.8) is 0 Å². The van der Waals surface area contributed by atoms with E-state index in [1.54, 1.807) is 26.3 Å². The van der Waals surface area contributed by atoms with E-state index in [4.69, 9.17) is 32.7 Å². The Hall–Kier alpha value is -1.01. The Balaban J connectivity index is 2.76. The summed E-state index contributed by atoms with van der Waals surface area (Å²) >= 11 is 12.1. The molecule has 1 amide bonds. The van der Waals surface area contributed by atoms with Gasteiger partial charge in [0.1, 0.15) is 5.75 Å². The molecular formula is C13H18Cl2N2O3. The zero-order valence-corrected chi connectivity index (χ0v) is 13.0. The van der Waals surface area contributed by atoms with Gasteiger partial charge in [-0.05, 0) is 12.1 Å². The highest BCUT2D eigenvalue weighted by Gasteiger charge is 2.12. The second-order valence-electron chi connectivity index (χ2n) is 4.01. The summed E-state index contributed by atoms with van der Waals surface area (Å²) in [7, 11) is 3.18. The largest absolute Gasteiger partial charge is 0.482 e. The molecule has 7 heteroatoms. The predicted molar refractivity (Wildman–Crippen MR) is 79.6 cm³/mol. The van der Waals surface area contributed by atoms with E-state index in [2.05, 4.69) is 10.6 Å². The number of benzene rings is 1. The van der Waals surface area contributed by atoms with Crippen molar-refractivity contribution in [2.45, 2.75) is 6.54 Å². The number of carbonyl (C=O) groups excluding carboxylic acids is 1. The van der Waals surface area contributed by atoms with Crippen molar-refractivity contribution < 1.29 is 14.3 Å². The molecule has 0 aliphatic heterocycles. The van der Waals surface area contributed by atoms with E-state index in [1.165, 1.54) is 0 Å². The minimum Gasteiger partial charge on any atom is -0.482 e. The summed E-state index contributed by atoms with van der Waals surface area (Å²) in [6.45, 7) is 1.72. The molecule has 0 atom stereocenters. The molecular weight excluding hydrogens is 303 g/mol. The lowest BCUT2D eigenvalue weighted by molar-refractivity contribution is -0.122. The van der Waals surface area contributed by atoms with Crippen LogP contribution in [0, 0.1) is 0 Å². The maximum Gasteiger partial charge on any atom is 0.257 e. The Kier molecular flexibility index (Phi) is 7.69. The zero-order chi connectivity index (χ0) is 15.0. The normalized spacial score (nSPS) is 10.4. The highest BCUT2D eigenvalue weighted by atomic mass is 35.5. The summed E-state index contributed by atoms with van der Waals surface area (Å²) in [6, 6.07) is 3.34. The molecule has 0 aliphatic carbocycles. The first-order chi connectivity index (χ1) is 9.58. The first-order valence-electron chi connectivity index (χ1n) is 6.09. The van der Waals surface area contributed by atoms with Gasteiger partial charge in [-0.3, -0.25) is 4.79 Å². The van der Waals surface area contributed by atoms with E-state index >= 15 is 0 Å². The van der Waals surface area contributed by atoms with Gasteiger partial charge in [0, 0.05) is 37.8 Å².